The van der Waals surface area contributed by atoms with Gasteiger partial charge in [-0.05, 0) is 38.9 Å². The minimum Gasteiger partial charge on any atom is -0.481 e. The number of pyridine rings is 1. The fourth-order valence-corrected chi connectivity index (χ4v) is 4.08. The average molecular weight is 374 g/mol. The molecule has 2 aliphatic heterocycles. The molecule has 0 aliphatic carbocycles. The lowest BCUT2D eigenvalue weighted by Gasteiger charge is -2.43. The number of hydrogen-bond acceptors (Lipinski definition) is 5. The van der Waals surface area contributed by atoms with Crippen LogP contribution in [0.15, 0.2) is 18.3 Å². The van der Waals surface area contributed by atoms with E-state index in [1.165, 1.54) is 6.20 Å². The van der Waals surface area contributed by atoms with E-state index in [1.54, 1.807) is 24.1 Å². The summed E-state index contributed by atoms with van der Waals surface area (Å²) in [5, 5.41) is 0. The van der Waals surface area contributed by atoms with Crippen LogP contribution in [0.5, 0.6) is 5.88 Å². The molecule has 0 aromatic carbocycles. The van der Waals surface area contributed by atoms with Gasteiger partial charge in [-0.3, -0.25) is 9.59 Å². The number of carbonyl (C=O) groups is 2. The van der Waals surface area contributed by atoms with Gasteiger partial charge in [0.2, 0.25) is 11.8 Å². The zero-order valence-corrected chi connectivity index (χ0v) is 16.9. The highest BCUT2D eigenvalue weighted by Gasteiger charge is 2.47. The molecular formula is C20H30N4O3. The Morgan fingerprint density at radius 3 is 2.63 bits per heavy atom. The Morgan fingerprint density at radius 1 is 1.33 bits per heavy atom. The molecule has 3 atom stereocenters. The minimum absolute atomic E-state index is 0.0825. The first-order chi connectivity index (χ1) is 12.8. The number of piperazine rings is 1. The molecule has 2 fully saturated rings. The molecule has 1 aromatic rings. The molecule has 148 valence electrons. The number of rotatable bonds is 5. The van der Waals surface area contributed by atoms with E-state index < -0.39 is 6.04 Å². The molecule has 1 aromatic heterocycles. The van der Waals surface area contributed by atoms with Gasteiger partial charge < -0.3 is 19.4 Å². The zero-order valence-electron chi connectivity index (χ0n) is 16.9. The molecule has 27 heavy (non-hydrogen) atoms. The fraction of sp³-hybridized carbons (Fsp3) is 0.650. The van der Waals surface area contributed by atoms with E-state index in [-0.39, 0.29) is 17.9 Å². The maximum Gasteiger partial charge on any atom is 0.256 e. The number of aromatic nitrogens is 1. The van der Waals surface area contributed by atoms with Crippen LogP contribution in [0.2, 0.25) is 0 Å². The predicted molar refractivity (Wildman–Crippen MR) is 103 cm³/mol. The summed E-state index contributed by atoms with van der Waals surface area (Å²) in [6.45, 7) is 5.50. The number of amides is 2. The van der Waals surface area contributed by atoms with Crippen LogP contribution in [0.25, 0.3) is 0 Å². The fourth-order valence-electron chi connectivity index (χ4n) is 4.08. The van der Waals surface area contributed by atoms with Crippen molar-refractivity contribution in [3.05, 3.63) is 23.9 Å². The van der Waals surface area contributed by atoms with E-state index in [9.17, 15) is 9.59 Å². The molecule has 7 nitrogen and oxygen atoms in total. The van der Waals surface area contributed by atoms with Crippen molar-refractivity contribution in [1.82, 2.24) is 19.7 Å². The lowest BCUT2D eigenvalue weighted by molar-refractivity contribution is -0.142. The van der Waals surface area contributed by atoms with Crippen molar-refractivity contribution in [1.29, 1.82) is 0 Å². The second-order valence-electron chi connectivity index (χ2n) is 8.19. The standard InChI is InChI=1S/C20H30N4O3/c1-13(2)8-17-20(26)23-11-15(22(3)4)9-16(23)12-24(17)19(25)14-6-7-18(27-5)21-10-14/h6-7,10,13,15-17H,8-9,11-12H2,1-5H3/t15-,16-,17-/m0/s1. The Labute approximate surface area is 161 Å². The first kappa shape index (κ1) is 19.6. The van der Waals surface area contributed by atoms with Gasteiger partial charge in [0.25, 0.3) is 5.91 Å². The van der Waals surface area contributed by atoms with Gasteiger partial charge in [-0.2, -0.15) is 0 Å². The summed E-state index contributed by atoms with van der Waals surface area (Å²) in [6.07, 6.45) is 3.10. The van der Waals surface area contributed by atoms with E-state index in [1.807, 2.05) is 19.0 Å². The largest absolute Gasteiger partial charge is 0.481 e. The third-order valence-corrected chi connectivity index (χ3v) is 5.62. The summed E-state index contributed by atoms with van der Waals surface area (Å²) in [5.74, 6) is 0.749. The van der Waals surface area contributed by atoms with Gasteiger partial charge in [-0.1, -0.05) is 13.8 Å². The van der Waals surface area contributed by atoms with Crippen molar-refractivity contribution in [3.8, 4) is 5.88 Å². The Hall–Kier alpha value is -2.15. The summed E-state index contributed by atoms with van der Waals surface area (Å²) >= 11 is 0. The van der Waals surface area contributed by atoms with Crippen LogP contribution in [-0.4, -0.2) is 83.9 Å². The Morgan fingerprint density at radius 2 is 2.07 bits per heavy atom. The van der Waals surface area contributed by atoms with Crippen molar-refractivity contribution >= 4 is 11.8 Å². The molecule has 0 saturated carbocycles. The smallest absolute Gasteiger partial charge is 0.256 e. The minimum atomic E-state index is -0.406. The molecule has 2 saturated heterocycles. The summed E-state index contributed by atoms with van der Waals surface area (Å²) < 4.78 is 5.07. The number of ether oxygens (including phenoxy) is 1. The first-order valence-electron chi connectivity index (χ1n) is 9.59. The number of fused-ring (bicyclic) bond motifs is 1. The summed E-state index contributed by atoms with van der Waals surface area (Å²) in [6, 6.07) is 3.42. The number of carbonyl (C=O) groups excluding carboxylic acids is 2. The van der Waals surface area contributed by atoms with Crippen LogP contribution in [0.1, 0.15) is 37.0 Å². The predicted octanol–water partition coefficient (Wildman–Crippen LogP) is 1.49. The number of nitrogens with zero attached hydrogens (tertiary/aromatic N) is 4. The van der Waals surface area contributed by atoms with Gasteiger partial charge in [0.05, 0.1) is 18.7 Å². The maximum atomic E-state index is 13.2. The number of likely N-dealkylation sites (N-methyl/N-ethyl adjacent to an activating group) is 1. The van der Waals surface area contributed by atoms with E-state index in [0.29, 0.717) is 36.4 Å². The van der Waals surface area contributed by atoms with Gasteiger partial charge in [0.1, 0.15) is 6.04 Å². The first-order valence-corrected chi connectivity index (χ1v) is 9.59. The maximum absolute atomic E-state index is 13.2. The lowest BCUT2D eigenvalue weighted by atomic mass is 9.96. The van der Waals surface area contributed by atoms with Crippen molar-refractivity contribution in [2.45, 2.75) is 44.8 Å². The van der Waals surface area contributed by atoms with E-state index in [4.69, 9.17) is 4.74 Å². The van der Waals surface area contributed by atoms with Crippen LogP contribution < -0.4 is 4.74 Å². The van der Waals surface area contributed by atoms with Crippen LogP contribution in [0.3, 0.4) is 0 Å². The van der Waals surface area contributed by atoms with Crippen LogP contribution in [0, 0.1) is 5.92 Å². The lowest BCUT2D eigenvalue weighted by Crippen LogP contribution is -2.61. The molecular weight excluding hydrogens is 344 g/mol. The van der Waals surface area contributed by atoms with Crippen LogP contribution >= 0.6 is 0 Å². The Kier molecular flexibility index (Phi) is 5.69. The normalized spacial score (nSPS) is 25.3. The Bertz CT molecular complexity index is 689. The van der Waals surface area contributed by atoms with Crippen molar-refractivity contribution < 1.29 is 14.3 Å². The van der Waals surface area contributed by atoms with Gasteiger partial charge in [0.15, 0.2) is 0 Å². The van der Waals surface area contributed by atoms with Gasteiger partial charge in [-0.25, -0.2) is 4.98 Å². The van der Waals surface area contributed by atoms with Crippen molar-refractivity contribution in [2.75, 3.05) is 34.3 Å². The molecule has 2 amide bonds. The number of methoxy groups -OCH3 is 1. The van der Waals surface area contributed by atoms with Crippen LogP contribution in [0.4, 0.5) is 0 Å². The molecule has 7 heteroatoms. The summed E-state index contributed by atoms with van der Waals surface area (Å²) in [7, 11) is 5.64. The van der Waals surface area contributed by atoms with E-state index in [0.717, 1.165) is 13.0 Å². The van der Waals surface area contributed by atoms with Gasteiger partial charge in [-0.15, -0.1) is 0 Å². The Balaban J connectivity index is 1.86. The highest BCUT2D eigenvalue weighted by Crippen LogP contribution is 2.31. The highest BCUT2D eigenvalue weighted by atomic mass is 16.5. The van der Waals surface area contributed by atoms with Gasteiger partial charge >= 0.3 is 0 Å². The second-order valence-corrected chi connectivity index (χ2v) is 8.19. The van der Waals surface area contributed by atoms with Crippen LogP contribution in [-0.2, 0) is 4.79 Å². The van der Waals surface area contributed by atoms with E-state index in [2.05, 4.69) is 23.7 Å². The third kappa shape index (κ3) is 3.93. The van der Waals surface area contributed by atoms with Crippen molar-refractivity contribution in [2.24, 2.45) is 5.92 Å². The van der Waals surface area contributed by atoms with E-state index >= 15 is 0 Å². The van der Waals surface area contributed by atoms with Gasteiger partial charge in [0, 0.05) is 31.4 Å². The molecule has 0 radical (unpaired) electrons. The monoisotopic (exact) mass is 374 g/mol. The summed E-state index contributed by atoms with van der Waals surface area (Å²) in [4.78, 5) is 36.5. The molecule has 0 bridgehead atoms. The number of hydrogen-bond donors (Lipinski definition) is 0. The second kappa shape index (κ2) is 7.84. The third-order valence-electron chi connectivity index (χ3n) is 5.62. The highest BCUT2D eigenvalue weighted by molar-refractivity contribution is 5.98. The molecule has 3 rings (SSSR count). The quantitative estimate of drug-likeness (QED) is 0.781. The SMILES string of the molecule is COc1ccc(C(=O)N2C[C@@H]3C[C@H](N(C)C)CN3C(=O)[C@@H]2CC(C)C)cn1. The molecule has 0 unspecified atom stereocenters. The molecule has 3 heterocycles. The van der Waals surface area contributed by atoms with Crippen molar-refractivity contribution in [3.63, 3.8) is 0 Å². The molecule has 0 N–H and O–H groups in total. The zero-order chi connectivity index (χ0) is 19.7. The summed E-state index contributed by atoms with van der Waals surface area (Å²) in [5.41, 5.74) is 0.493. The average Bonchev–Trinajstić information content (AvgIpc) is 3.08. The topological polar surface area (TPSA) is 66.0 Å². The molecule has 0 spiro atoms. The molecule has 2 aliphatic rings.